The lowest BCUT2D eigenvalue weighted by Gasteiger charge is -2.10. The molecule has 8 heteroatoms. The molecule has 25 heavy (non-hydrogen) atoms. The zero-order chi connectivity index (χ0) is 17.6. The number of nitrogens with one attached hydrogen (secondary N) is 2. The first kappa shape index (κ1) is 16.3. The van der Waals surface area contributed by atoms with Crippen LogP contribution in [0, 0.1) is 10.1 Å². The Morgan fingerprint density at radius 1 is 1.16 bits per heavy atom. The summed E-state index contributed by atoms with van der Waals surface area (Å²) < 4.78 is 0. The van der Waals surface area contributed by atoms with E-state index in [9.17, 15) is 10.1 Å². The van der Waals surface area contributed by atoms with Crippen molar-refractivity contribution in [1.82, 2.24) is 15.0 Å². The van der Waals surface area contributed by atoms with E-state index in [1.807, 2.05) is 12.1 Å². The summed E-state index contributed by atoms with van der Waals surface area (Å²) in [6.07, 6.45) is 3.41. The predicted molar refractivity (Wildman–Crippen MR) is 95.2 cm³/mol. The van der Waals surface area contributed by atoms with Crippen molar-refractivity contribution in [3.8, 4) is 11.3 Å². The lowest BCUT2D eigenvalue weighted by Crippen LogP contribution is -2.07. The third-order valence-electron chi connectivity index (χ3n) is 3.56. The maximum Gasteiger partial charge on any atom is 0.274 e. The van der Waals surface area contributed by atoms with Gasteiger partial charge in [-0.1, -0.05) is 18.2 Å². The first-order chi connectivity index (χ1) is 12.2. The topological polar surface area (TPSA) is 106 Å². The summed E-state index contributed by atoms with van der Waals surface area (Å²) in [6, 6.07) is 12.1. The second-order valence-corrected chi connectivity index (χ2v) is 5.19. The lowest BCUT2D eigenvalue weighted by molar-refractivity contribution is -0.385. The molecule has 0 aliphatic heterocycles. The highest BCUT2D eigenvalue weighted by molar-refractivity contribution is 5.63. The van der Waals surface area contributed by atoms with Crippen LogP contribution in [0.2, 0.25) is 0 Å². The summed E-state index contributed by atoms with van der Waals surface area (Å²) in [5.41, 5.74) is 2.22. The Morgan fingerprint density at radius 3 is 2.72 bits per heavy atom. The van der Waals surface area contributed by atoms with E-state index < -0.39 is 4.92 Å². The van der Waals surface area contributed by atoms with E-state index in [2.05, 4.69) is 25.6 Å². The highest BCUT2D eigenvalue weighted by Gasteiger charge is 2.13. The van der Waals surface area contributed by atoms with Gasteiger partial charge in [0.05, 0.1) is 10.6 Å². The summed E-state index contributed by atoms with van der Waals surface area (Å²) in [7, 11) is 1.73. The van der Waals surface area contributed by atoms with Gasteiger partial charge in [-0.25, -0.2) is 4.98 Å². The third kappa shape index (κ3) is 3.86. The van der Waals surface area contributed by atoms with Crippen LogP contribution in [0.3, 0.4) is 0 Å². The quantitative estimate of drug-likeness (QED) is 0.526. The molecule has 126 valence electrons. The fraction of sp³-hybridized carbons (Fsp3) is 0.118. The molecular weight excluding hydrogens is 320 g/mol. The number of anilines is 2. The first-order valence-corrected chi connectivity index (χ1v) is 7.61. The molecule has 0 saturated heterocycles. The molecule has 3 aromatic rings. The Bertz CT molecular complexity index is 885. The third-order valence-corrected chi connectivity index (χ3v) is 3.56. The van der Waals surface area contributed by atoms with Gasteiger partial charge >= 0.3 is 0 Å². The molecule has 0 fully saturated rings. The molecule has 8 nitrogen and oxygen atoms in total. The van der Waals surface area contributed by atoms with Crippen LogP contribution in [0.1, 0.15) is 5.56 Å². The largest absolute Gasteiger partial charge is 0.366 e. The van der Waals surface area contributed by atoms with E-state index >= 15 is 0 Å². The van der Waals surface area contributed by atoms with Crippen LogP contribution in [0.25, 0.3) is 11.3 Å². The number of nitrogens with zero attached hydrogens (tertiary/aromatic N) is 4. The van der Waals surface area contributed by atoms with Crippen LogP contribution in [-0.4, -0.2) is 26.9 Å². The Morgan fingerprint density at radius 2 is 2.00 bits per heavy atom. The van der Waals surface area contributed by atoms with Crippen LogP contribution in [0.4, 0.5) is 17.5 Å². The van der Waals surface area contributed by atoms with Gasteiger partial charge in [0.2, 0.25) is 5.95 Å². The monoisotopic (exact) mass is 336 g/mol. The molecule has 0 aliphatic carbocycles. The van der Waals surface area contributed by atoms with Crippen LogP contribution < -0.4 is 10.6 Å². The molecule has 0 aliphatic rings. The zero-order valence-corrected chi connectivity index (χ0v) is 13.5. The summed E-state index contributed by atoms with van der Waals surface area (Å²) in [5.74, 6) is 1.02. The molecule has 1 aromatic carbocycles. The number of rotatable bonds is 6. The fourth-order valence-corrected chi connectivity index (χ4v) is 2.34. The van der Waals surface area contributed by atoms with Gasteiger partial charge in [-0.3, -0.25) is 15.1 Å². The van der Waals surface area contributed by atoms with Gasteiger partial charge < -0.3 is 10.6 Å². The minimum atomic E-state index is -0.392. The van der Waals surface area contributed by atoms with Gasteiger partial charge in [0.1, 0.15) is 5.82 Å². The normalized spacial score (nSPS) is 10.3. The van der Waals surface area contributed by atoms with Gasteiger partial charge in [-0.15, -0.1) is 0 Å². The van der Waals surface area contributed by atoms with Crippen molar-refractivity contribution in [2.75, 3.05) is 17.7 Å². The molecule has 0 amide bonds. The van der Waals surface area contributed by atoms with Crippen molar-refractivity contribution in [2.24, 2.45) is 0 Å². The van der Waals surface area contributed by atoms with E-state index in [4.69, 9.17) is 0 Å². The second kappa shape index (κ2) is 7.35. The summed E-state index contributed by atoms with van der Waals surface area (Å²) in [4.78, 5) is 23.6. The SMILES string of the molecule is CNc1nc(NCc2ccccc2[N+](=O)[O-])cc(-c2cccnc2)n1. The molecule has 2 N–H and O–H groups in total. The maximum absolute atomic E-state index is 11.1. The second-order valence-electron chi connectivity index (χ2n) is 5.19. The van der Waals surface area contributed by atoms with Gasteiger partial charge in [-0.05, 0) is 12.1 Å². The zero-order valence-electron chi connectivity index (χ0n) is 13.5. The molecule has 2 heterocycles. The Hall–Kier alpha value is -3.55. The van der Waals surface area contributed by atoms with Crippen LogP contribution in [0.5, 0.6) is 0 Å². The average molecular weight is 336 g/mol. The average Bonchev–Trinajstić information content (AvgIpc) is 2.67. The van der Waals surface area contributed by atoms with Gasteiger partial charge in [0.25, 0.3) is 5.69 Å². The molecule has 0 bridgehead atoms. The maximum atomic E-state index is 11.1. The minimum absolute atomic E-state index is 0.0744. The lowest BCUT2D eigenvalue weighted by atomic mass is 10.1. The van der Waals surface area contributed by atoms with Crippen molar-refractivity contribution in [2.45, 2.75) is 6.54 Å². The Kier molecular flexibility index (Phi) is 4.79. The number of para-hydroxylation sites is 1. The standard InChI is InChI=1S/C17H16N6O2/c1-18-17-21-14(12-6-4-8-19-10-12)9-16(22-17)20-11-13-5-2-3-7-15(13)23(24)25/h2-10H,11H2,1H3,(H2,18,20,21,22). The van der Waals surface area contributed by atoms with E-state index in [-0.39, 0.29) is 12.2 Å². The van der Waals surface area contributed by atoms with Crippen molar-refractivity contribution < 1.29 is 4.92 Å². The molecule has 0 atom stereocenters. The smallest absolute Gasteiger partial charge is 0.274 e. The molecule has 0 unspecified atom stereocenters. The summed E-state index contributed by atoms with van der Waals surface area (Å²) in [6.45, 7) is 0.282. The molecule has 0 saturated carbocycles. The van der Waals surface area contributed by atoms with Crippen LogP contribution in [-0.2, 0) is 6.54 Å². The number of aromatic nitrogens is 3. The first-order valence-electron chi connectivity index (χ1n) is 7.61. The number of hydrogen-bond donors (Lipinski definition) is 2. The van der Waals surface area contributed by atoms with E-state index in [0.29, 0.717) is 23.0 Å². The van der Waals surface area contributed by atoms with E-state index in [1.165, 1.54) is 6.07 Å². The van der Waals surface area contributed by atoms with Crippen LogP contribution >= 0.6 is 0 Å². The van der Waals surface area contributed by atoms with E-state index in [0.717, 1.165) is 5.56 Å². The Labute approximate surface area is 144 Å². The van der Waals surface area contributed by atoms with Crippen molar-refractivity contribution in [3.63, 3.8) is 0 Å². The molecular formula is C17H16N6O2. The van der Waals surface area contributed by atoms with Gasteiger partial charge in [-0.2, -0.15) is 4.98 Å². The minimum Gasteiger partial charge on any atom is -0.366 e. The van der Waals surface area contributed by atoms with Crippen molar-refractivity contribution in [1.29, 1.82) is 0 Å². The number of benzene rings is 1. The molecule has 0 spiro atoms. The predicted octanol–water partition coefficient (Wildman–Crippen LogP) is 3.10. The molecule has 3 rings (SSSR count). The van der Waals surface area contributed by atoms with Gasteiger partial charge in [0, 0.05) is 49.2 Å². The fourth-order valence-electron chi connectivity index (χ4n) is 2.34. The summed E-state index contributed by atoms with van der Waals surface area (Å²) in [5, 5.41) is 17.1. The number of nitro groups is 1. The van der Waals surface area contributed by atoms with Crippen molar-refractivity contribution >= 4 is 17.5 Å². The Balaban J connectivity index is 1.87. The van der Waals surface area contributed by atoms with Crippen molar-refractivity contribution in [3.05, 3.63) is 70.5 Å². The number of pyridine rings is 1. The van der Waals surface area contributed by atoms with Gasteiger partial charge in [0.15, 0.2) is 0 Å². The molecule has 0 radical (unpaired) electrons. The summed E-state index contributed by atoms with van der Waals surface area (Å²) >= 11 is 0. The van der Waals surface area contributed by atoms with Crippen LogP contribution in [0.15, 0.2) is 54.9 Å². The molecule has 2 aromatic heterocycles. The number of hydrogen-bond acceptors (Lipinski definition) is 7. The highest BCUT2D eigenvalue weighted by atomic mass is 16.6. The van der Waals surface area contributed by atoms with E-state index in [1.54, 1.807) is 43.7 Å². The highest BCUT2D eigenvalue weighted by Crippen LogP contribution is 2.22. The number of nitro benzene ring substituents is 1.